The summed E-state index contributed by atoms with van der Waals surface area (Å²) in [5.41, 5.74) is 8.81. The molecule has 0 fully saturated rings. The minimum Gasteiger partial charge on any atom is -0.313 e. The molecule has 0 radical (unpaired) electrons. The van der Waals surface area contributed by atoms with E-state index in [2.05, 4.69) is 203 Å². The summed E-state index contributed by atoms with van der Waals surface area (Å²) in [5, 5.41) is 9.32. The maximum Gasteiger partial charge on any atom is 0.179 e. The van der Waals surface area contributed by atoms with Crippen molar-refractivity contribution in [1.82, 2.24) is 9.13 Å². The Morgan fingerprint density at radius 1 is 0.392 bits per heavy atom. The average Bonchev–Trinajstić information content (AvgIpc) is 3.73. The number of hydrogen-bond acceptors (Lipinski definition) is 0. The molecule has 9 aromatic rings. The molecule has 0 saturated carbocycles. The molecule has 0 spiro atoms. The number of nitrogens with zero attached hydrogens (tertiary/aromatic N) is 2. The van der Waals surface area contributed by atoms with Crippen molar-refractivity contribution < 1.29 is 0 Å². The van der Waals surface area contributed by atoms with Gasteiger partial charge in [-0.25, -0.2) is 0 Å². The lowest BCUT2D eigenvalue weighted by molar-refractivity contribution is 0.888. The normalized spacial score (nSPS) is 12.9. The molecule has 0 bridgehead atoms. The van der Waals surface area contributed by atoms with Crippen molar-refractivity contribution in [3.05, 3.63) is 199 Å². The maximum absolute atomic E-state index is 2.87. The molecule has 51 heavy (non-hydrogen) atoms. The second-order valence-corrected chi connectivity index (χ2v) is 17.4. The lowest BCUT2D eigenvalue weighted by atomic mass is 10.0. The molecule has 0 N–H and O–H groups in total. The number of fused-ring (bicyclic) bond motifs is 6. The third kappa shape index (κ3) is 4.55. The summed E-state index contributed by atoms with van der Waals surface area (Å²) in [4.78, 5) is 0. The van der Waals surface area contributed by atoms with Crippen LogP contribution in [0.5, 0.6) is 0 Å². The number of para-hydroxylation sites is 3. The highest BCUT2D eigenvalue weighted by Gasteiger charge is 2.42. The number of benzene rings is 7. The summed E-state index contributed by atoms with van der Waals surface area (Å²) in [6, 6.07) is 68.0. The summed E-state index contributed by atoms with van der Waals surface area (Å²) in [7, 11) is -2.87. The Kier molecular flexibility index (Phi) is 7.00. The SMILES string of the molecule is C1=Cc2c(n(-c3cc(-n4c5ccccc5c5ccccc54)cc([Si](c4ccccc4)(c4ccccc4)c4ccccc4)c3)c3ccccc23)CC1. The Morgan fingerprint density at radius 2 is 0.824 bits per heavy atom. The van der Waals surface area contributed by atoms with E-state index in [-0.39, 0.29) is 0 Å². The Hall–Kier alpha value is -6.16. The zero-order valence-corrected chi connectivity index (χ0v) is 29.3. The van der Waals surface area contributed by atoms with Gasteiger partial charge in [0.25, 0.3) is 0 Å². The first-order valence-electron chi connectivity index (χ1n) is 17.9. The van der Waals surface area contributed by atoms with Crippen LogP contribution < -0.4 is 20.7 Å². The Labute approximate surface area is 299 Å². The van der Waals surface area contributed by atoms with E-state index in [0.29, 0.717) is 0 Å². The molecule has 0 aliphatic heterocycles. The minimum absolute atomic E-state index is 1.01. The zero-order valence-electron chi connectivity index (χ0n) is 28.3. The molecular weight excluding hydrogens is 633 g/mol. The minimum atomic E-state index is -2.87. The summed E-state index contributed by atoms with van der Waals surface area (Å²) in [6.45, 7) is 0. The number of hydrogen-bond donors (Lipinski definition) is 0. The predicted molar refractivity (Wildman–Crippen MR) is 219 cm³/mol. The van der Waals surface area contributed by atoms with E-state index >= 15 is 0 Å². The van der Waals surface area contributed by atoms with Gasteiger partial charge in [-0.05, 0) is 70.0 Å². The molecule has 7 aromatic carbocycles. The third-order valence-corrected chi connectivity index (χ3v) is 15.7. The molecular formula is C48H36N2Si. The molecule has 2 heterocycles. The second-order valence-electron chi connectivity index (χ2n) is 13.6. The van der Waals surface area contributed by atoms with Gasteiger partial charge in [0.2, 0.25) is 0 Å². The van der Waals surface area contributed by atoms with Gasteiger partial charge < -0.3 is 9.13 Å². The van der Waals surface area contributed by atoms with Gasteiger partial charge in [0.05, 0.1) is 16.6 Å². The van der Waals surface area contributed by atoms with Crippen molar-refractivity contribution in [2.24, 2.45) is 0 Å². The van der Waals surface area contributed by atoms with Crippen LogP contribution in [-0.4, -0.2) is 17.2 Å². The van der Waals surface area contributed by atoms with E-state index in [1.165, 1.54) is 76.1 Å². The molecule has 242 valence electrons. The summed E-state index contributed by atoms with van der Waals surface area (Å²) < 4.78 is 5.06. The first kappa shape index (κ1) is 29.7. The molecule has 3 heteroatoms. The topological polar surface area (TPSA) is 9.86 Å². The highest BCUT2D eigenvalue weighted by atomic mass is 28.3. The van der Waals surface area contributed by atoms with Crippen molar-refractivity contribution in [3.8, 4) is 11.4 Å². The van der Waals surface area contributed by atoms with Crippen LogP contribution in [0.4, 0.5) is 0 Å². The zero-order chi connectivity index (χ0) is 33.8. The molecule has 1 aliphatic rings. The van der Waals surface area contributed by atoms with Gasteiger partial charge in [-0.3, -0.25) is 0 Å². The molecule has 2 nitrogen and oxygen atoms in total. The van der Waals surface area contributed by atoms with Gasteiger partial charge in [-0.2, -0.15) is 0 Å². The summed E-state index contributed by atoms with van der Waals surface area (Å²) in [5.74, 6) is 0. The monoisotopic (exact) mass is 668 g/mol. The van der Waals surface area contributed by atoms with E-state index in [1.807, 2.05) is 0 Å². The highest BCUT2D eigenvalue weighted by Crippen LogP contribution is 2.36. The van der Waals surface area contributed by atoms with Crippen LogP contribution in [0.1, 0.15) is 17.7 Å². The molecule has 0 amide bonds. The van der Waals surface area contributed by atoms with Gasteiger partial charge in [-0.1, -0.05) is 158 Å². The van der Waals surface area contributed by atoms with Crippen LogP contribution in [0.2, 0.25) is 0 Å². The van der Waals surface area contributed by atoms with Crippen LogP contribution >= 0.6 is 0 Å². The fourth-order valence-corrected chi connectivity index (χ4v) is 13.6. The number of aromatic nitrogens is 2. The van der Waals surface area contributed by atoms with E-state index in [0.717, 1.165) is 12.8 Å². The Morgan fingerprint density at radius 3 is 1.35 bits per heavy atom. The van der Waals surface area contributed by atoms with E-state index in [9.17, 15) is 0 Å². The molecule has 2 aromatic heterocycles. The van der Waals surface area contributed by atoms with Crippen molar-refractivity contribution in [3.63, 3.8) is 0 Å². The Balaban J connectivity index is 1.40. The van der Waals surface area contributed by atoms with Crippen LogP contribution in [0.3, 0.4) is 0 Å². The molecule has 1 aliphatic carbocycles. The van der Waals surface area contributed by atoms with Crippen LogP contribution in [0, 0.1) is 0 Å². The quantitative estimate of drug-likeness (QED) is 0.124. The van der Waals surface area contributed by atoms with Gasteiger partial charge >= 0.3 is 0 Å². The van der Waals surface area contributed by atoms with Crippen molar-refractivity contribution >= 4 is 67.6 Å². The van der Waals surface area contributed by atoms with Crippen LogP contribution in [0.15, 0.2) is 188 Å². The third-order valence-electron chi connectivity index (χ3n) is 10.9. The summed E-state index contributed by atoms with van der Waals surface area (Å²) >= 11 is 0. The van der Waals surface area contributed by atoms with Gasteiger partial charge in [-0.15, -0.1) is 0 Å². The van der Waals surface area contributed by atoms with Crippen molar-refractivity contribution in [2.45, 2.75) is 12.8 Å². The fourth-order valence-electron chi connectivity index (χ4n) is 8.80. The maximum atomic E-state index is 2.56. The van der Waals surface area contributed by atoms with E-state index in [1.54, 1.807) is 0 Å². The molecule has 0 atom stereocenters. The highest BCUT2D eigenvalue weighted by molar-refractivity contribution is 7.20. The Bertz CT molecular complexity index is 2590. The average molecular weight is 669 g/mol. The first-order valence-corrected chi connectivity index (χ1v) is 19.9. The lowest BCUT2D eigenvalue weighted by Gasteiger charge is -2.35. The number of rotatable bonds is 6. The van der Waals surface area contributed by atoms with Crippen LogP contribution in [-0.2, 0) is 6.42 Å². The van der Waals surface area contributed by atoms with E-state index < -0.39 is 8.07 Å². The summed E-state index contributed by atoms with van der Waals surface area (Å²) in [6.07, 6.45) is 6.72. The van der Waals surface area contributed by atoms with E-state index in [4.69, 9.17) is 0 Å². The van der Waals surface area contributed by atoms with Crippen LogP contribution in [0.25, 0.3) is 50.2 Å². The second kappa shape index (κ2) is 12.0. The fraction of sp³-hybridized carbons (Fsp3) is 0.0417. The van der Waals surface area contributed by atoms with Gasteiger partial charge in [0.1, 0.15) is 0 Å². The lowest BCUT2D eigenvalue weighted by Crippen LogP contribution is -2.74. The number of allylic oxidation sites excluding steroid dienone is 1. The first-order chi connectivity index (χ1) is 25.3. The van der Waals surface area contributed by atoms with Crippen molar-refractivity contribution in [2.75, 3.05) is 0 Å². The molecule has 10 rings (SSSR count). The molecule has 0 saturated heterocycles. The standard InChI is InChI=1S/C48H36N2Si/c1-4-18-37(19-5-1)51(38-20-6-2-7-21-38,39-22-8-3-9-23-39)40-33-35(49-45-28-14-10-24-41(45)42-25-11-15-29-46(42)49)32-36(34-40)50-47-30-16-12-26-43(47)44-27-13-17-31-48(44)50/h1-16,18-30,32-34H,17,31H2. The molecule has 0 unspecified atom stereocenters. The van der Waals surface area contributed by atoms with Gasteiger partial charge in [0, 0.05) is 38.8 Å². The largest absolute Gasteiger partial charge is 0.313 e. The predicted octanol–water partition coefficient (Wildman–Crippen LogP) is 9.06. The smallest absolute Gasteiger partial charge is 0.179 e. The van der Waals surface area contributed by atoms with Gasteiger partial charge in [0.15, 0.2) is 8.07 Å². The van der Waals surface area contributed by atoms with Crippen molar-refractivity contribution in [1.29, 1.82) is 0 Å².